The van der Waals surface area contributed by atoms with Crippen LogP contribution in [0.3, 0.4) is 0 Å². The van der Waals surface area contributed by atoms with Crippen molar-refractivity contribution >= 4 is 23.8 Å². The number of rotatable bonds is 11. The van der Waals surface area contributed by atoms with Crippen molar-refractivity contribution in [2.45, 2.75) is 76.9 Å². The number of carbonyl (C=O) groups is 4. The molecule has 4 atom stereocenters. The molecule has 6 rings (SSSR count). The maximum Gasteiger partial charge on any atom is 0.321 e. The maximum absolute atomic E-state index is 13.0. The Kier molecular flexibility index (Phi) is 12.1. The van der Waals surface area contributed by atoms with E-state index in [0.29, 0.717) is 25.0 Å². The first kappa shape index (κ1) is 35.2. The predicted molar refractivity (Wildman–Crippen MR) is 181 cm³/mol. The lowest BCUT2D eigenvalue weighted by molar-refractivity contribution is -0.152. The number of aliphatic carboxylic acids is 1. The highest BCUT2D eigenvalue weighted by molar-refractivity contribution is 5.97. The van der Waals surface area contributed by atoms with Gasteiger partial charge in [-0.3, -0.25) is 19.2 Å². The second-order valence-corrected chi connectivity index (χ2v) is 12.7. The Balaban J connectivity index is 0.000000299. The molecule has 4 aromatic rings. The van der Waals surface area contributed by atoms with Crippen LogP contribution in [0.1, 0.15) is 78.5 Å². The van der Waals surface area contributed by atoms with Crippen molar-refractivity contribution in [2.75, 3.05) is 6.61 Å². The third-order valence-electron chi connectivity index (χ3n) is 8.85. The van der Waals surface area contributed by atoms with Crippen LogP contribution in [0, 0.1) is 19.8 Å². The number of amides is 1. The van der Waals surface area contributed by atoms with E-state index in [2.05, 4.69) is 15.0 Å². The van der Waals surface area contributed by atoms with Gasteiger partial charge in [0, 0.05) is 18.2 Å². The van der Waals surface area contributed by atoms with Crippen molar-refractivity contribution in [3.8, 4) is 11.5 Å². The molecule has 0 bridgehead atoms. The Morgan fingerprint density at radius 3 is 2.39 bits per heavy atom. The zero-order chi connectivity index (χ0) is 34.8. The number of hydrogen-bond donors (Lipinski definition) is 2. The van der Waals surface area contributed by atoms with Crippen molar-refractivity contribution in [3.63, 3.8) is 0 Å². The summed E-state index contributed by atoms with van der Waals surface area (Å²) in [5.41, 5.74) is 4.47. The highest BCUT2D eigenvalue weighted by Gasteiger charge is 2.34. The molecule has 2 aliphatic rings. The van der Waals surface area contributed by atoms with E-state index >= 15 is 0 Å². The van der Waals surface area contributed by atoms with Gasteiger partial charge < -0.3 is 24.3 Å². The average Bonchev–Trinajstić information content (AvgIpc) is 3.64. The fraction of sp³-hybridized carbons (Fsp3) is 0.359. The van der Waals surface area contributed by atoms with Crippen LogP contribution in [-0.2, 0) is 35.3 Å². The van der Waals surface area contributed by atoms with Crippen LogP contribution in [0.4, 0.5) is 0 Å². The van der Waals surface area contributed by atoms with Gasteiger partial charge in [0.05, 0.1) is 31.3 Å². The molecule has 1 saturated heterocycles. The van der Waals surface area contributed by atoms with Crippen LogP contribution in [0.25, 0.3) is 11.5 Å². The van der Waals surface area contributed by atoms with E-state index in [1.54, 1.807) is 12.1 Å². The third kappa shape index (κ3) is 9.96. The number of cyclic esters (lactones) is 2. The Hall–Kier alpha value is -5.09. The number of nitrogens with zero attached hydrogens (tertiary/aromatic N) is 1. The monoisotopic (exact) mass is 666 g/mol. The second kappa shape index (κ2) is 16.8. The number of oxazole rings is 1. The number of carboxylic acid groups (broad SMARTS) is 1. The van der Waals surface area contributed by atoms with E-state index in [1.165, 1.54) is 0 Å². The summed E-state index contributed by atoms with van der Waals surface area (Å²) < 4.78 is 16.3. The number of nitrogens with one attached hydrogen (secondary N) is 1. The molecule has 0 radical (unpaired) electrons. The lowest BCUT2D eigenvalue weighted by atomic mass is 9.85. The number of carboxylic acids is 1. The summed E-state index contributed by atoms with van der Waals surface area (Å²) in [6, 6.07) is 26.4. The smallest absolute Gasteiger partial charge is 0.321 e. The van der Waals surface area contributed by atoms with Crippen molar-refractivity contribution in [3.05, 3.63) is 113 Å². The molecular weight excluding hydrogens is 624 g/mol. The second-order valence-electron chi connectivity index (χ2n) is 12.7. The quantitative estimate of drug-likeness (QED) is 0.133. The third-order valence-corrected chi connectivity index (χ3v) is 8.85. The SMILES string of the molecule is Cc1cccc(-c2nc(COCC3CCCC(NC(=O)C(CC(=O)O)c4ccccc4)C3)c(C)o2)c1.O=C1CC(c2ccccc2)C(=O)O1. The molecule has 10 heteroatoms. The van der Waals surface area contributed by atoms with Crippen molar-refractivity contribution < 1.29 is 38.2 Å². The molecule has 1 saturated carbocycles. The van der Waals surface area contributed by atoms with Gasteiger partial charge in [-0.05, 0) is 62.3 Å². The molecule has 10 nitrogen and oxygen atoms in total. The van der Waals surface area contributed by atoms with Crippen LogP contribution in [0.2, 0.25) is 0 Å². The highest BCUT2D eigenvalue weighted by atomic mass is 16.6. The van der Waals surface area contributed by atoms with E-state index in [4.69, 9.17) is 9.15 Å². The van der Waals surface area contributed by atoms with Crippen LogP contribution < -0.4 is 5.32 Å². The number of esters is 2. The van der Waals surface area contributed by atoms with Gasteiger partial charge in [-0.1, -0.05) is 84.8 Å². The molecule has 49 heavy (non-hydrogen) atoms. The molecule has 0 spiro atoms. The topological polar surface area (TPSA) is 145 Å². The molecule has 1 aromatic heterocycles. The Morgan fingerprint density at radius 2 is 1.71 bits per heavy atom. The molecule has 2 N–H and O–H groups in total. The molecular formula is C39H42N2O8. The van der Waals surface area contributed by atoms with Gasteiger partial charge >= 0.3 is 17.9 Å². The fourth-order valence-electron chi connectivity index (χ4n) is 6.30. The van der Waals surface area contributed by atoms with Gasteiger partial charge in [0.25, 0.3) is 0 Å². The summed E-state index contributed by atoms with van der Waals surface area (Å²) in [4.78, 5) is 51.0. The van der Waals surface area contributed by atoms with E-state index in [1.807, 2.05) is 86.6 Å². The van der Waals surface area contributed by atoms with Gasteiger partial charge in [-0.2, -0.15) is 0 Å². The molecule has 2 heterocycles. The molecule has 256 valence electrons. The molecule has 4 unspecified atom stereocenters. The summed E-state index contributed by atoms with van der Waals surface area (Å²) in [5, 5.41) is 12.4. The molecule has 1 aliphatic heterocycles. The normalized spacial score (nSPS) is 19.3. The lowest BCUT2D eigenvalue weighted by Gasteiger charge is -2.30. The van der Waals surface area contributed by atoms with E-state index < -0.39 is 29.7 Å². The van der Waals surface area contributed by atoms with Gasteiger partial charge in [-0.15, -0.1) is 0 Å². The summed E-state index contributed by atoms with van der Waals surface area (Å²) in [7, 11) is 0. The minimum Gasteiger partial charge on any atom is -0.481 e. The van der Waals surface area contributed by atoms with Crippen molar-refractivity contribution in [2.24, 2.45) is 5.92 Å². The van der Waals surface area contributed by atoms with Gasteiger partial charge in [0.2, 0.25) is 11.8 Å². The number of benzene rings is 3. The minimum absolute atomic E-state index is 0.0153. The van der Waals surface area contributed by atoms with Crippen LogP contribution in [0.5, 0.6) is 0 Å². The van der Waals surface area contributed by atoms with Gasteiger partial charge in [-0.25, -0.2) is 4.98 Å². The van der Waals surface area contributed by atoms with E-state index in [9.17, 15) is 24.3 Å². The number of carbonyl (C=O) groups excluding carboxylic acids is 3. The fourth-order valence-corrected chi connectivity index (χ4v) is 6.30. The molecule has 2 fully saturated rings. The minimum atomic E-state index is -0.984. The van der Waals surface area contributed by atoms with Crippen LogP contribution >= 0.6 is 0 Å². The first-order valence-electron chi connectivity index (χ1n) is 16.6. The maximum atomic E-state index is 13.0. The first-order valence-corrected chi connectivity index (χ1v) is 16.6. The number of hydrogen-bond acceptors (Lipinski definition) is 8. The highest BCUT2D eigenvalue weighted by Crippen LogP contribution is 2.29. The van der Waals surface area contributed by atoms with Gasteiger partial charge in [0.15, 0.2) is 0 Å². The summed E-state index contributed by atoms with van der Waals surface area (Å²) in [6.07, 6.45) is 3.68. The number of ether oxygens (including phenoxy) is 2. The standard InChI is InChI=1S/C29H34N2O5.C10H8O3/c1-19-8-6-12-23(14-19)29-31-26(20(2)36-29)18-35-17-21-9-7-13-24(15-21)30-28(34)25(16-27(32)33)22-10-4-3-5-11-22;11-9-6-8(10(12)13-9)7-4-2-1-3-5-7/h3-6,8,10-12,14,21,24-25H,7,9,13,15-18H2,1-2H3,(H,30,34)(H,32,33);1-5,8H,6H2. The molecule has 3 aromatic carbocycles. The van der Waals surface area contributed by atoms with Crippen molar-refractivity contribution in [1.82, 2.24) is 10.3 Å². The molecule has 1 aliphatic carbocycles. The van der Waals surface area contributed by atoms with Crippen LogP contribution in [0.15, 0.2) is 89.3 Å². The zero-order valence-corrected chi connectivity index (χ0v) is 27.8. The summed E-state index contributed by atoms with van der Waals surface area (Å²) in [5.74, 6) is -1.49. The van der Waals surface area contributed by atoms with Crippen molar-refractivity contribution in [1.29, 1.82) is 0 Å². The number of aryl methyl sites for hydroxylation is 2. The van der Waals surface area contributed by atoms with Crippen LogP contribution in [-0.4, -0.2) is 46.6 Å². The van der Waals surface area contributed by atoms with Gasteiger partial charge in [0.1, 0.15) is 11.5 Å². The predicted octanol–water partition coefficient (Wildman–Crippen LogP) is 6.65. The average molecular weight is 667 g/mol. The zero-order valence-electron chi connectivity index (χ0n) is 27.8. The Bertz CT molecular complexity index is 1740. The Labute approximate surface area is 285 Å². The summed E-state index contributed by atoms with van der Waals surface area (Å²) >= 11 is 0. The van der Waals surface area contributed by atoms with E-state index in [0.717, 1.165) is 59.4 Å². The molecule has 1 amide bonds. The number of aromatic nitrogens is 1. The largest absolute Gasteiger partial charge is 0.481 e. The summed E-state index contributed by atoms with van der Waals surface area (Å²) in [6.45, 7) is 4.90. The Morgan fingerprint density at radius 1 is 0.980 bits per heavy atom. The van der Waals surface area contributed by atoms with E-state index in [-0.39, 0.29) is 24.8 Å². The lowest BCUT2D eigenvalue weighted by Crippen LogP contribution is -2.42. The first-order chi connectivity index (χ1) is 23.7.